The first-order valence-corrected chi connectivity index (χ1v) is 9.91. The third-order valence-corrected chi connectivity index (χ3v) is 7.51. The summed E-state index contributed by atoms with van der Waals surface area (Å²) in [6.07, 6.45) is 5.67. The van der Waals surface area contributed by atoms with Crippen LogP contribution in [0.4, 0.5) is 0 Å². The van der Waals surface area contributed by atoms with Crippen LogP contribution in [0.15, 0.2) is 29.8 Å². The van der Waals surface area contributed by atoms with Crippen LogP contribution in [0.1, 0.15) is 60.2 Å². The monoisotopic (exact) mass is 416 g/mol. The third-order valence-electron chi connectivity index (χ3n) is 6.05. The molecule has 0 amide bonds. The van der Waals surface area contributed by atoms with E-state index in [0.29, 0.717) is 17.9 Å². The molecule has 3 unspecified atom stereocenters. The molecule has 0 heterocycles. The number of benzene rings is 1. The van der Waals surface area contributed by atoms with Crippen molar-refractivity contribution in [1.82, 2.24) is 0 Å². The second-order valence-electron chi connectivity index (χ2n) is 7.74. The topological polar surface area (TPSA) is 60.4 Å². The molecule has 3 aliphatic carbocycles. The van der Waals surface area contributed by atoms with Gasteiger partial charge in [-0.25, -0.2) is 0 Å². The van der Waals surface area contributed by atoms with Gasteiger partial charge in [-0.05, 0) is 37.7 Å². The minimum Gasteiger partial charge on any atom is -0.426 e. The van der Waals surface area contributed by atoms with Gasteiger partial charge < -0.3 is 4.74 Å². The molecule has 1 aromatic carbocycles. The number of ether oxygens (including phenoxy) is 1. The van der Waals surface area contributed by atoms with Crippen molar-refractivity contribution in [2.24, 2.45) is 17.8 Å². The Balaban J connectivity index is 1.85. The lowest BCUT2D eigenvalue weighted by Gasteiger charge is -2.49. The van der Waals surface area contributed by atoms with Crippen molar-refractivity contribution in [3.63, 3.8) is 0 Å². The van der Waals surface area contributed by atoms with Gasteiger partial charge in [-0.3, -0.25) is 14.4 Å². The molecule has 4 nitrogen and oxygen atoms in total. The van der Waals surface area contributed by atoms with E-state index < -0.39 is 16.2 Å². The quantitative estimate of drug-likeness (QED) is 0.292. The molecule has 26 heavy (non-hydrogen) atoms. The smallest absolute Gasteiger partial charge is 0.308 e. The summed E-state index contributed by atoms with van der Waals surface area (Å²) in [6, 6.07) is 4.92. The highest BCUT2D eigenvalue weighted by Gasteiger charge is 2.59. The van der Waals surface area contributed by atoms with Crippen LogP contribution in [0.2, 0.25) is 0 Å². The molecule has 4 rings (SSSR count). The molecule has 1 saturated carbocycles. The molecule has 0 spiro atoms. The summed E-state index contributed by atoms with van der Waals surface area (Å²) in [4.78, 5) is 38.3. The second kappa shape index (κ2) is 6.15. The molecule has 1 aromatic rings. The normalized spacial score (nSPS) is 32.9. The summed E-state index contributed by atoms with van der Waals surface area (Å²) in [5, 5.41) is 0. The Kier molecular flexibility index (Phi) is 4.18. The van der Waals surface area contributed by atoms with Crippen molar-refractivity contribution in [2.75, 3.05) is 0 Å². The van der Waals surface area contributed by atoms with Crippen LogP contribution in [0.25, 0.3) is 0 Å². The average molecular weight is 417 g/mol. The maximum absolute atomic E-state index is 13.5. The van der Waals surface area contributed by atoms with E-state index in [9.17, 15) is 14.4 Å². The summed E-state index contributed by atoms with van der Waals surface area (Å²) >= 11 is 3.77. The first kappa shape index (κ1) is 17.7. The highest BCUT2D eigenvalue weighted by molar-refractivity contribution is 9.10. The SMILES string of the molecule is CC(=O)Oc1cccc2c1C(=O)C1CC=C3C[C@H](C)CCC3C1(Br)C2=O. The van der Waals surface area contributed by atoms with E-state index in [1.54, 1.807) is 18.2 Å². The first-order valence-electron chi connectivity index (χ1n) is 9.12. The van der Waals surface area contributed by atoms with Crippen LogP contribution in [0.3, 0.4) is 0 Å². The average Bonchev–Trinajstić information content (AvgIpc) is 2.59. The Labute approximate surface area is 161 Å². The number of hydrogen-bond acceptors (Lipinski definition) is 4. The molecule has 0 aliphatic heterocycles. The van der Waals surface area contributed by atoms with E-state index in [1.165, 1.54) is 12.5 Å². The number of alkyl halides is 1. The summed E-state index contributed by atoms with van der Waals surface area (Å²) in [7, 11) is 0. The lowest BCUT2D eigenvalue weighted by atomic mass is 9.59. The molecule has 0 saturated heterocycles. The zero-order chi connectivity index (χ0) is 18.6. The molecule has 4 atom stereocenters. The highest BCUT2D eigenvalue weighted by Crippen LogP contribution is 2.56. The fraction of sp³-hybridized carbons (Fsp3) is 0.476. The summed E-state index contributed by atoms with van der Waals surface area (Å²) in [6.45, 7) is 3.53. The molecule has 5 heteroatoms. The standard InChI is InChI=1S/C21H21BrO4/c1-11-6-8-15-13(10-11)7-9-16-19(24)18-14(20(25)21(15,16)22)4-3-5-17(18)26-12(2)23/h3-5,7,11,15-16H,6,8-10H2,1-2H3/t11-,15?,16?,21?/m1/s1. The van der Waals surface area contributed by atoms with Gasteiger partial charge in [0.2, 0.25) is 0 Å². The van der Waals surface area contributed by atoms with Gasteiger partial charge >= 0.3 is 5.97 Å². The summed E-state index contributed by atoms with van der Waals surface area (Å²) in [5.74, 6) is -0.266. The molecular weight excluding hydrogens is 396 g/mol. The lowest BCUT2D eigenvalue weighted by Crippen LogP contribution is -2.56. The van der Waals surface area contributed by atoms with Crippen molar-refractivity contribution in [2.45, 2.75) is 43.9 Å². The number of Topliss-reactive ketones (excluding diaryl/α,β-unsaturated/α-hetero) is 2. The molecule has 0 aromatic heterocycles. The number of fused-ring (bicyclic) bond motifs is 4. The molecule has 1 fully saturated rings. The van der Waals surface area contributed by atoms with Gasteiger partial charge in [0.05, 0.1) is 5.56 Å². The Morgan fingerprint density at radius 3 is 2.73 bits per heavy atom. The van der Waals surface area contributed by atoms with Crippen molar-refractivity contribution >= 4 is 33.5 Å². The van der Waals surface area contributed by atoms with Gasteiger partial charge in [0.25, 0.3) is 0 Å². The number of allylic oxidation sites excluding steroid dienone is 2. The molecular formula is C21H21BrO4. The predicted octanol–water partition coefficient (Wildman–Crippen LogP) is 4.51. The van der Waals surface area contributed by atoms with Gasteiger partial charge in [-0.2, -0.15) is 0 Å². The Hall–Kier alpha value is -1.75. The van der Waals surface area contributed by atoms with Crippen LogP contribution >= 0.6 is 15.9 Å². The fourth-order valence-electron chi connectivity index (χ4n) is 4.88. The molecule has 0 N–H and O–H groups in total. The lowest BCUT2D eigenvalue weighted by molar-refractivity contribution is -0.131. The number of rotatable bonds is 1. The van der Waals surface area contributed by atoms with Crippen LogP contribution in [0, 0.1) is 17.8 Å². The first-order chi connectivity index (χ1) is 12.3. The van der Waals surface area contributed by atoms with Gasteiger partial charge in [0, 0.05) is 24.3 Å². The largest absolute Gasteiger partial charge is 0.426 e. The van der Waals surface area contributed by atoms with Crippen molar-refractivity contribution in [1.29, 1.82) is 0 Å². The zero-order valence-electron chi connectivity index (χ0n) is 14.9. The Morgan fingerprint density at radius 2 is 2.00 bits per heavy atom. The Bertz CT molecular complexity index is 856. The van der Waals surface area contributed by atoms with Crippen LogP contribution in [-0.4, -0.2) is 21.9 Å². The van der Waals surface area contributed by atoms with Crippen LogP contribution < -0.4 is 4.74 Å². The number of carbonyl (C=O) groups is 3. The molecule has 3 aliphatic rings. The van der Waals surface area contributed by atoms with Gasteiger partial charge in [0.15, 0.2) is 11.6 Å². The van der Waals surface area contributed by atoms with Crippen molar-refractivity contribution in [3.8, 4) is 5.75 Å². The minimum atomic E-state index is -0.879. The third kappa shape index (κ3) is 2.43. The minimum absolute atomic E-state index is 0.0550. The molecule has 0 radical (unpaired) electrons. The van der Waals surface area contributed by atoms with E-state index in [1.807, 2.05) is 0 Å². The van der Waals surface area contributed by atoms with E-state index in [4.69, 9.17) is 4.74 Å². The highest BCUT2D eigenvalue weighted by atomic mass is 79.9. The summed E-state index contributed by atoms with van der Waals surface area (Å²) in [5.41, 5.74) is 1.92. The fourth-order valence-corrected chi connectivity index (χ4v) is 6.01. The number of esters is 1. The van der Waals surface area contributed by atoms with E-state index in [-0.39, 0.29) is 28.8 Å². The maximum Gasteiger partial charge on any atom is 0.308 e. The molecule has 136 valence electrons. The van der Waals surface area contributed by atoms with Crippen molar-refractivity contribution in [3.05, 3.63) is 41.0 Å². The van der Waals surface area contributed by atoms with Crippen LogP contribution in [-0.2, 0) is 4.79 Å². The number of ketones is 2. The maximum atomic E-state index is 13.5. The van der Waals surface area contributed by atoms with Gasteiger partial charge in [-0.15, -0.1) is 0 Å². The molecule has 0 bridgehead atoms. The van der Waals surface area contributed by atoms with E-state index >= 15 is 0 Å². The van der Waals surface area contributed by atoms with Crippen LogP contribution in [0.5, 0.6) is 5.75 Å². The summed E-state index contributed by atoms with van der Waals surface area (Å²) < 4.78 is 4.34. The zero-order valence-corrected chi connectivity index (χ0v) is 16.5. The van der Waals surface area contributed by atoms with Crippen molar-refractivity contribution < 1.29 is 19.1 Å². The van der Waals surface area contributed by atoms with E-state index in [2.05, 4.69) is 28.9 Å². The van der Waals surface area contributed by atoms with E-state index in [0.717, 1.165) is 19.3 Å². The second-order valence-corrected chi connectivity index (χ2v) is 9.05. The number of carbonyl (C=O) groups excluding carboxylic acids is 3. The van der Waals surface area contributed by atoms with Gasteiger partial charge in [-0.1, -0.05) is 46.6 Å². The number of halogens is 1. The number of hydrogen-bond donors (Lipinski definition) is 0. The Morgan fingerprint density at radius 1 is 1.23 bits per heavy atom. The van der Waals surface area contributed by atoms with Gasteiger partial charge in [0.1, 0.15) is 10.1 Å². The predicted molar refractivity (Wildman–Crippen MR) is 101 cm³/mol.